The summed E-state index contributed by atoms with van der Waals surface area (Å²) >= 11 is 0. The minimum atomic E-state index is -0.719. The Kier molecular flexibility index (Phi) is 6.57. The van der Waals surface area contributed by atoms with Crippen molar-refractivity contribution in [2.75, 3.05) is 29.9 Å². The maximum Gasteiger partial charge on any atom is 0.414 e. The zero-order valence-corrected chi connectivity index (χ0v) is 23.3. The third-order valence-corrected chi connectivity index (χ3v) is 6.89. The Hall–Kier alpha value is -4.58. The number of ether oxygens (including phenoxy) is 2. The maximum atomic E-state index is 15.1. The lowest BCUT2D eigenvalue weighted by Gasteiger charge is -2.32. The molecule has 5 heterocycles. The summed E-state index contributed by atoms with van der Waals surface area (Å²) in [5, 5.41) is 1.14. The second kappa shape index (κ2) is 10.1. The number of anilines is 2. The second-order valence-corrected chi connectivity index (χ2v) is 11.2. The molecule has 1 saturated heterocycles. The molecule has 1 aromatic carbocycles. The van der Waals surface area contributed by atoms with Crippen molar-refractivity contribution in [2.45, 2.75) is 45.3 Å². The van der Waals surface area contributed by atoms with Crippen LogP contribution >= 0.6 is 0 Å². The van der Waals surface area contributed by atoms with Gasteiger partial charge in [0, 0.05) is 43.8 Å². The van der Waals surface area contributed by atoms with E-state index >= 15 is 4.39 Å². The van der Waals surface area contributed by atoms with E-state index < -0.39 is 17.5 Å². The number of aromatic nitrogens is 5. The van der Waals surface area contributed by atoms with Crippen molar-refractivity contribution in [3.8, 4) is 11.8 Å². The predicted molar refractivity (Wildman–Crippen MR) is 155 cm³/mol. The van der Waals surface area contributed by atoms with Crippen molar-refractivity contribution >= 4 is 50.6 Å². The number of carbonyl (C=O) groups excluding carboxylic acids is 1. The van der Waals surface area contributed by atoms with E-state index in [0.29, 0.717) is 57.8 Å². The van der Waals surface area contributed by atoms with E-state index in [4.69, 9.17) is 20.2 Å². The zero-order chi connectivity index (χ0) is 28.9. The number of H-pyrrole nitrogens is 1. The molecule has 1 aliphatic rings. The van der Waals surface area contributed by atoms with Crippen LogP contribution in [0.2, 0.25) is 0 Å². The summed E-state index contributed by atoms with van der Waals surface area (Å²) in [6.07, 6.45) is 4.44. The normalized spacial score (nSPS) is 16.0. The lowest BCUT2D eigenvalue weighted by Crippen LogP contribution is -2.43. The average Bonchev–Trinajstić information content (AvgIpc) is 3.29. The lowest BCUT2D eigenvalue weighted by atomic mass is 10.1. The van der Waals surface area contributed by atoms with Gasteiger partial charge in [0.15, 0.2) is 5.75 Å². The molecule has 1 atom stereocenters. The van der Waals surface area contributed by atoms with Crippen LogP contribution in [0.1, 0.15) is 33.6 Å². The molecule has 4 aromatic heterocycles. The predicted octanol–water partition coefficient (Wildman–Crippen LogP) is 5.28. The second-order valence-electron chi connectivity index (χ2n) is 11.2. The van der Waals surface area contributed by atoms with Gasteiger partial charge in [-0.05, 0) is 57.9 Å². The average molecular weight is 559 g/mol. The first kappa shape index (κ1) is 26.6. The van der Waals surface area contributed by atoms with Crippen LogP contribution in [0.15, 0.2) is 42.7 Å². The number of hydrogen-bond acceptors (Lipinski definition) is 9. The number of pyridine rings is 2. The number of hydrogen-bond donors (Lipinski definition) is 2. The van der Waals surface area contributed by atoms with Crippen LogP contribution in [0.25, 0.3) is 33.0 Å². The van der Waals surface area contributed by atoms with E-state index in [1.54, 1.807) is 46.3 Å². The summed E-state index contributed by atoms with van der Waals surface area (Å²) in [5.74, 6) is 0.472. The summed E-state index contributed by atoms with van der Waals surface area (Å²) in [4.78, 5) is 37.7. The number of rotatable bonds is 4. The largest absolute Gasteiger partial charge is 0.443 e. The summed E-state index contributed by atoms with van der Waals surface area (Å²) in [5.41, 5.74) is 8.26. The molecular weight excluding hydrogens is 527 g/mol. The zero-order valence-electron chi connectivity index (χ0n) is 23.3. The fourth-order valence-corrected chi connectivity index (χ4v) is 5.07. The number of benzene rings is 1. The molecule has 3 N–H and O–H groups in total. The first-order chi connectivity index (χ1) is 19.6. The van der Waals surface area contributed by atoms with E-state index in [0.717, 1.165) is 18.4 Å². The third kappa shape index (κ3) is 5.30. The quantitative estimate of drug-likeness (QED) is 0.302. The van der Waals surface area contributed by atoms with Gasteiger partial charge in [-0.25, -0.2) is 9.18 Å². The van der Waals surface area contributed by atoms with Crippen molar-refractivity contribution in [3.05, 3.63) is 48.5 Å². The van der Waals surface area contributed by atoms with E-state index in [1.165, 1.54) is 17.0 Å². The van der Waals surface area contributed by atoms with Gasteiger partial charge in [-0.2, -0.15) is 9.97 Å². The van der Waals surface area contributed by atoms with Crippen molar-refractivity contribution in [1.29, 1.82) is 0 Å². The number of nitrogens with one attached hydrogen (secondary N) is 1. The molecule has 1 amide bonds. The molecule has 0 saturated carbocycles. The summed E-state index contributed by atoms with van der Waals surface area (Å²) in [6.45, 7) is 6.61. The molecule has 0 unspecified atom stereocenters. The Morgan fingerprint density at radius 1 is 1.20 bits per heavy atom. The maximum absolute atomic E-state index is 15.1. The summed E-state index contributed by atoms with van der Waals surface area (Å²) < 4.78 is 26.7. The molecular formula is C29H31FN8O3. The van der Waals surface area contributed by atoms with E-state index in [-0.39, 0.29) is 12.1 Å². The molecule has 0 bridgehead atoms. The van der Waals surface area contributed by atoms with Gasteiger partial charge in [0.25, 0.3) is 0 Å². The molecule has 1 aliphatic heterocycles. The van der Waals surface area contributed by atoms with Crippen LogP contribution < -0.4 is 20.3 Å². The van der Waals surface area contributed by atoms with Crippen LogP contribution in [0, 0.1) is 5.82 Å². The Morgan fingerprint density at radius 2 is 2.02 bits per heavy atom. The third-order valence-electron chi connectivity index (χ3n) is 6.89. The van der Waals surface area contributed by atoms with Gasteiger partial charge in [0.1, 0.15) is 22.9 Å². The van der Waals surface area contributed by atoms with Gasteiger partial charge in [0.05, 0.1) is 33.8 Å². The highest BCUT2D eigenvalue weighted by atomic mass is 19.1. The molecule has 0 spiro atoms. The molecule has 0 aliphatic carbocycles. The SMILES string of the molecule is CN(C(=O)OC(C)(C)C)c1cc(F)cc2c1[nH]c1nc(Oc3cnc4cccnc4c3)nc(N3CCC[C@H](N)C3)c12. The fraction of sp³-hybridized carbons (Fsp3) is 0.345. The van der Waals surface area contributed by atoms with Gasteiger partial charge in [-0.3, -0.25) is 14.9 Å². The first-order valence-corrected chi connectivity index (χ1v) is 13.4. The molecule has 0 radical (unpaired) electrons. The minimum Gasteiger partial charge on any atom is -0.443 e. The first-order valence-electron chi connectivity index (χ1n) is 13.4. The van der Waals surface area contributed by atoms with Crippen molar-refractivity contribution in [1.82, 2.24) is 24.9 Å². The van der Waals surface area contributed by atoms with Crippen LogP contribution in [-0.2, 0) is 4.74 Å². The highest BCUT2D eigenvalue weighted by Crippen LogP contribution is 2.39. The van der Waals surface area contributed by atoms with Crippen molar-refractivity contribution < 1.29 is 18.7 Å². The number of amides is 1. The number of fused-ring (bicyclic) bond motifs is 4. The van der Waals surface area contributed by atoms with Crippen LogP contribution in [0.5, 0.6) is 11.8 Å². The summed E-state index contributed by atoms with van der Waals surface area (Å²) in [6, 6.07) is 8.19. The van der Waals surface area contributed by atoms with Crippen LogP contribution in [-0.4, -0.2) is 62.8 Å². The van der Waals surface area contributed by atoms with Crippen LogP contribution in [0.4, 0.5) is 20.7 Å². The minimum absolute atomic E-state index is 0.0373. The number of aromatic amines is 1. The molecule has 5 aromatic rings. The fourth-order valence-electron chi connectivity index (χ4n) is 5.07. The molecule has 212 valence electrons. The van der Waals surface area contributed by atoms with E-state index in [1.807, 2.05) is 12.1 Å². The number of halogens is 1. The number of nitrogens with two attached hydrogens (primary N) is 1. The molecule has 11 nitrogen and oxygen atoms in total. The van der Waals surface area contributed by atoms with Gasteiger partial charge in [-0.15, -0.1) is 0 Å². The smallest absolute Gasteiger partial charge is 0.414 e. The van der Waals surface area contributed by atoms with Gasteiger partial charge in [0.2, 0.25) is 0 Å². The topological polar surface area (TPSA) is 135 Å². The lowest BCUT2D eigenvalue weighted by molar-refractivity contribution is 0.0589. The molecule has 41 heavy (non-hydrogen) atoms. The highest BCUT2D eigenvalue weighted by molar-refractivity contribution is 6.16. The van der Waals surface area contributed by atoms with Gasteiger partial charge < -0.3 is 25.1 Å². The Morgan fingerprint density at radius 3 is 2.80 bits per heavy atom. The molecule has 6 rings (SSSR count). The Labute approximate surface area is 235 Å². The van der Waals surface area contributed by atoms with Crippen molar-refractivity contribution in [2.24, 2.45) is 5.73 Å². The molecule has 1 fully saturated rings. The summed E-state index contributed by atoms with van der Waals surface area (Å²) in [7, 11) is 1.54. The number of nitrogens with zero attached hydrogens (tertiary/aromatic N) is 6. The number of piperidine rings is 1. The van der Waals surface area contributed by atoms with Gasteiger partial charge >= 0.3 is 12.1 Å². The van der Waals surface area contributed by atoms with E-state index in [9.17, 15) is 4.79 Å². The molecule has 12 heteroatoms. The Balaban J connectivity index is 1.50. The highest BCUT2D eigenvalue weighted by Gasteiger charge is 2.27. The number of carbonyl (C=O) groups is 1. The van der Waals surface area contributed by atoms with Gasteiger partial charge in [-0.1, -0.05) is 0 Å². The monoisotopic (exact) mass is 558 g/mol. The van der Waals surface area contributed by atoms with E-state index in [2.05, 4.69) is 24.8 Å². The van der Waals surface area contributed by atoms with Crippen molar-refractivity contribution in [3.63, 3.8) is 0 Å². The Bertz CT molecular complexity index is 1780. The standard InChI is InChI=1S/C29H31FN8O3/c1-29(2,3)41-28(39)37(4)22-12-16(30)11-19-23-25(34-24(19)22)35-27(36-26(23)38-10-6-7-17(31)15-38)40-18-13-21-20(33-14-18)8-5-9-32-21/h5,8-9,11-14,17H,6-7,10,15,31H2,1-4H3,(H,34,35,36)/t17-/m0/s1. The van der Waals surface area contributed by atoms with Crippen LogP contribution in [0.3, 0.4) is 0 Å².